The van der Waals surface area contributed by atoms with Crippen molar-refractivity contribution in [3.63, 3.8) is 0 Å². The molecule has 0 spiro atoms. The lowest BCUT2D eigenvalue weighted by Gasteiger charge is -2.02. The van der Waals surface area contributed by atoms with Crippen LogP contribution in [0.4, 0.5) is 0 Å². The summed E-state index contributed by atoms with van der Waals surface area (Å²) in [5.74, 6) is 0.782. The Labute approximate surface area is 121 Å². The minimum Gasteiger partial charge on any atom is -0.327 e. The van der Waals surface area contributed by atoms with Crippen LogP contribution in [0.5, 0.6) is 0 Å². The van der Waals surface area contributed by atoms with Crippen LogP contribution in [-0.2, 0) is 16.1 Å². The van der Waals surface area contributed by atoms with Crippen LogP contribution in [0.3, 0.4) is 0 Å². The van der Waals surface area contributed by atoms with E-state index in [1.54, 1.807) is 6.07 Å². The van der Waals surface area contributed by atoms with Crippen LogP contribution < -0.4 is 0 Å². The molecule has 102 valence electrons. The first kappa shape index (κ1) is 13.1. The van der Waals surface area contributed by atoms with E-state index in [2.05, 4.69) is 4.98 Å². The quantitative estimate of drug-likeness (QED) is 0.683. The largest absolute Gasteiger partial charge is 0.327 e. The Hall–Kier alpha value is -1.85. The van der Waals surface area contributed by atoms with E-state index in [0.717, 1.165) is 22.4 Å². The molecule has 1 aromatic heterocycles. The van der Waals surface area contributed by atoms with Crippen molar-refractivity contribution in [2.24, 2.45) is 7.05 Å². The molecule has 0 atom stereocenters. The Kier molecular flexibility index (Phi) is 3.03. The summed E-state index contributed by atoms with van der Waals surface area (Å²) in [5.41, 5.74) is 2.43. The maximum Gasteiger partial charge on any atom is 0.261 e. The number of aromatic nitrogens is 2. The molecular weight excluding hydrogens is 296 g/mol. The van der Waals surface area contributed by atoms with Gasteiger partial charge in [-0.05, 0) is 18.2 Å². The topological polar surface area (TPSA) is 52.0 Å². The molecule has 3 aromatic rings. The maximum atomic E-state index is 11.4. The monoisotopic (exact) mass is 306 g/mol. The fourth-order valence-corrected chi connectivity index (χ4v) is 2.94. The van der Waals surface area contributed by atoms with Crippen LogP contribution in [0, 0.1) is 0 Å². The summed E-state index contributed by atoms with van der Waals surface area (Å²) in [6.07, 6.45) is 0. The number of hydrogen-bond acceptors (Lipinski definition) is 3. The van der Waals surface area contributed by atoms with E-state index in [-0.39, 0.29) is 4.90 Å². The average molecular weight is 307 g/mol. The fraction of sp³-hybridized carbons (Fsp3) is 0.0714. The van der Waals surface area contributed by atoms with Crippen molar-refractivity contribution < 1.29 is 8.42 Å². The molecule has 20 heavy (non-hydrogen) atoms. The highest BCUT2D eigenvalue weighted by Gasteiger charge is 2.14. The molecule has 0 aliphatic carbocycles. The van der Waals surface area contributed by atoms with Gasteiger partial charge in [0.2, 0.25) is 0 Å². The van der Waals surface area contributed by atoms with Gasteiger partial charge in [-0.25, -0.2) is 13.4 Å². The number of imidazole rings is 1. The minimum absolute atomic E-state index is 0.0780. The van der Waals surface area contributed by atoms with Crippen molar-refractivity contribution in [3.8, 4) is 11.4 Å². The van der Waals surface area contributed by atoms with Gasteiger partial charge >= 0.3 is 0 Å². The fourth-order valence-electron chi connectivity index (χ4n) is 2.17. The summed E-state index contributed by atoms with van der Waals surface area (Å²) in [6, 6.07) is 14.4. The van der Waals surface area contributed by atoms with E-state index >= 15 is 0 Å². The molecule has 0 saturated carbocycles. The first-order valence-corrected chi connectivity index (χ1v) is 8.24. The molecule has 0 saturated heterocycles. The van der Waals surface area contributed by atoms with E-state index in [0.29, 0.717) is 0 Å². The standard InChI is InChI=1S/C14H11ClN2O2S/c1-17-13-9-11(20(15,18)19)7-8-12(13)16-14(17)10-5-3-2-4-6-10/h2-9H,1H3. The molecule has 0 radical (unpaired) electrons. The third-order valence-electron chi connectivity index (χ3n) is 3.17. The van der Waals surface area contributed by atoms with Crippen LogP contribution in [0.25, 0.3) is 22.4 Å². The van der Waals surface area contributed by atoms with Gasteiger partial charge in [0.25, 0.3) is 9.05 Å². The average Bonchev–Trinajstić information content (AvgIpc) is 2.76. The molecule has 0 amide bonds. The number of fused-ring (bicyclic) bond motifs is 1. The van der Waals surface area contributed by atoms with Gasteiger partial charge in [-0.2, -0.15) is 0 Å². The predicted octanol–water partition coefficient (Wildman–Crippen LogP) is 3.17. The summed E-state index contributed by atoms with van der Waals surface area (Å²) in [7, 11) is 3.49. The Bertz CT molecular complexity index is 886. The summed E-state index contributed by atoms with van der Waals surface area (Å²) in [6.45, 7) is 0. The lowest BCUT2D eigenvalue weighted by Crippen LogP contribution is -1.94. The van der Waals surface area contributed by atoms with E-state index in [4.69, 9.17) is 10.7 Å². The second kappa shape index (κ2) is 4.61. The number of nitrogens with zero attached hydrogens (tertiary/aromatic N) is 2. The zero-order valence-corrected chi connectivity index (χ0v) is 12.2. The summed E-state index contributed by atoms with van der Waals surface area (Å²) < 4.78 is 24.7. The van der Waals surface area contributed by atoms with Crippen LogP contribution in [-0.4, -0.2) is 18.0 Å². The zero-order chi connectivity index (χ0) is 14.3. The third kappa shape index (κ3) is 2.19. The van der Waals surface area contributed by atoms with Crippen molar-refractivity contribution in [2.45, 2.75) is 4.90 Å². The van der Waals surface area contributed by atoms with E-state index < -0.39 is 9.05 Å². The first-order chi connectivity index (χ1) is 9.47. The Morgan fingerprint density at radius 1 is 1.10 bits per heavy atom. The van der Waals surface area contributed by atoms with Gasteiger partial charge in [0.1, 0.15) is 5.82 Å². The van der Waals surface area contributed by atoms with E-state index in [1.165, 1.54) is 12.1 Å². The number of aryl methyl sites for hydroxylation is 1. The zero-order valence-electron chi connectivity index (χ0n) is 10.6. The Balaban J connectivity index is 2.26. The summed E-state index contributed by atoms with van der Waals surface area (Å²) in [5, 5.41) is 0. The molecule has 1 heterocycles. The van der Waals surface area contributed by atoms with Gasteiger partial charge in [0, 0.05) is 23.3 Å². The molecule has 0 aliphatic rings. The molecule has 4 nitrogen and oxygen atoms in total. The van der Waals surface area contributed by atoms with Gasteiger partial charge in [-0.1, -0.05) is 30.3 Å². The normalized spacial score (nSPS) is 11.9. The van der Waals surface area contributed by atoms with Crippen LogP contribution >= 0.6 is 10.7 Å². The Morgan fingerprint density at radius 3 is 2.45 bits per heavy atom. The van der Waals surface area contributed by atoms with Crippen LogP contribution in [0.2, 0.25) is 0 Å². The molecule has 3 rings (SSSR count). The van der Waals surface area contributed by atoms with Crippen molar-refractivity contribution in [1.82, 2.24) is 9.55 Å². The van der Waals surface area contributed by atoms with E-state index in [1.807, 2.05) is 41.9 Å². The highest BCUT2D eigenvalue weighted by molar-refractivity contribution is 8.13. The SMILES string of the molecule is Cn1c(-c2ccccc2)nc2ccc(S(=O)(=O)Cl)cc21. The molecular formula is C14H11ClN2O2S. The molecule has 2 aromatic carbocycles. The van der Waals surface area contributed by atoms with Crippen molar-refractivity contribution in [3.05, 3.63) is 48.5 Å². The van der Waals surface area contributed by atoms with Crippen LogP contribution in [0.1, 0.15) is 0 Å². The van der Waals surface area contributed by atoms with Crippen LogP contribution in [0.15, 0.2) is 53.4 Å². The van der Waals surface area contributed by atoms with Gasteiger partial charge in [0.15, 0.2) is 0 Å². The summed E-state index contributed by atoms with van der Waals surface area (Å²) >= 11 is 0. The highest BCUT2D eigenvalue weighted by atomic mass is 35.7. The van der Waals surface area contributed by atoms with E-state index in [9.17, 15) is 8.42 Å². The number of halogens is 1. The second-order valence-electron chi connectivity index (χ2n) is 4.45. The van der Waals surface area contributed by atoms with Crippen molar-refractivity contribution >= 4 is 30.8 Å². The highest BCUT2D eigenvalue weighted by Crippen LogP contribution is 2.26. The number of rotatable bonds is 2. The maximum absolute atomic E-state index is 11.4. The minimum atomic E-state index is -3.74. The molecule has 0 unspecified atom stereocenters. The van der Waals surface area contributed by atoms with Gasteiger partial charge in [-0.3, -0.25) is 0 Å². The molecule has 0 bridgehead atoms. The lowest BCUT2D eigenvalue weighted by atomic mass is 10.2. The first-order valence-electron chi connectivity index (χ1n) is 5.93. The predicted molar refractivity (Wildman–Crippen MR) is 79.2 cm³/mol. The molecule has 0 fully saturated rings. The Morgan fingerprint density at radius 2 is 1.80 bits per heavy atom. The van der Waals surface area contributed by atoms with Crippen molar-refractivity contribution in [1.29, 1.82) is 0 Å². The number of benzene rings is 2. The third-order valence-corrected chi connectivity index (χ3v) is 4.52. The van der Waals surface area contributed by atoms with Gasteiger partial charge in [0.05, 0.1) is 15.9 Å². The molecule has 0 N–H and O–H groups in total. The lowest BCUT2D eigenvalue weighted by molar-refractivity contribution is 0.609. The molecule has 0 aliphatic heterocycles. The van der Waals surface area contributed by atoms with Gasteiger partial charge in [-0.15, -0.1) is 0 Å². The van der Waals surface area contributed by atoms with Gasteiger partial charge < -0.3 is 4.57 Å². The smallest absolute Gasteiger partial charge is 0.261 e. The second-order valence-corrected chi connectivity index (χ2v) is 7.01. The summed E-state index contributed by atoms with van der Waals surface area (Å²) in [4.78, 5) is 4.61. The molecule has 6 heteroatoms. The number of hydrogen-bond donors (Lipinski definition) is 0. The van der Waals surface area contributed by atoms with Crippen molar-refractivity contribution in [2.75, 3.05) is 0 Å².